The molecule has 0 radical (unpaired) electrons. The molecule has 1 atom stereocenters. The van der Waals surface area contributed by atoms with Crippen molar-refractivity contribution >= 4 is 17.2 Å². The summed E-state index contributed by atoms with van der Waals surface area (Å²) in [6, 6.07) is 13.9. The van der Waals surface area contributed by atoms with Crippen molar-refractivity contribution in [2.45, 2.75) is 19.4 Å². The van der Waals surface area contributed by atoms with E-state index in [2.05, 4.69) is 17.9 Å². The van der Waals surface area contributed by atoms with Gasteiger partial charge in [-0.15, -0.1) is 11.3 Å². The van der Waals surface area contributed by atoms with Crippen molar-refractivity contribution < 1.29 is 9.90 Å². The molecule has 1 aromatic carbocycles. The molecule has 1 aliphatic heterocycles. The highest BCUT2D eigenvalue weighted by molar-refractivity contribution is 7.12. The third kappa shape index (κ3) is 4.44. The molecule has 5 heteroatoms. The van der Waals surface area contributed by atoms with Gasteiger partial charge in [-0.1, -0.05) is 30.3 Å². The second kappa shape index (κ2) is 7.92. The molecule has 128 valence electrons. The normalized spacial score (nSPS) is 17.0. The predicted octanol–water partition coefficient (Wildman–Crippen LogP) is 2.48. The minimum atomic E-state index is -0.470. The van der Waals surface area contributed by atoms with Gasteiger partial charge in [0.25, 0.3) is 0 Å². The van der Waals surface area contributed by atoms with E-state index in [1.807, 2.05) is 41.3 Å². The van der Waals surface area contributed by atoms with Gasteiger partial charge in [-0.05, 0) is 24.6 Å². The van der Waals surface area contributed by atoms with Gasteiger partial charge in [0.2, 0.25) is 5.91 Å². The van der Waals surface area contributed by atoms with Crippen LogP contribution < -0.4 is 0 Å². The van der Waals surface area contributed by atoms with Gasteiger partial charge in [-0.25, -0.2) is 0 Å². The van der Waals surface area contributed by atoms with E-state index in [0.29, 0.717) is 13.0 Å². The highest BCUT2D eigenvalue weighted by Crippen LogP contribution is 2.18. The van der Waals surface area contributed by atoms with Crippen LogP contribution in [0.25, 0.3) is 0 Å². The topological polar surface area (TPSA) is 43.8 Å². The Morgan fingerprint density at radius 1 is 1.12 bits per heavy atom. The fourth-order valence-electron chi connectivity index (χ4n) is 3.05. The van der Waals surface area contributed by atoms with E-state index in [4.69, 9.17) is 0 Å². The van der Waals surface area contributed by atoms with Crippen LogP contribution >= 0.6 is 11.3 Å². The lowest BCUT2D eigenvalue weighted by Gasteiger charge is -2.35. The van der Waals surface area contributed by atoms with Crippen molar-refractivity contribution in [3.8, 4) is 0 Å². The molecule has 3 rings (SSSR count). The van der Waals surface area contributed by atoms with Gasteiger partial charge >= 0.3 is 0 Å². The summed E-state index contributed by atoms with van der Waals surface area (Å²) in [5.41, 5.74) is 0.948. The van der Waals surface area contributed by atoms with E-state index in [0.717, 1.165) is 36.6 Å². The number of thiophene rings is 1. The average molecular weight is 344 g/mol. The van der Waals surface area contributed by atoms with Crippen LogP contribution in [-0.4, -0.2) is 53.5 Å². The maximum atomic E-state index is 12.4. The zero-order valence-corrected chi connectivity index (χ0v) is 14.8. The fourth-order valence-corrected chi connectivity index (χ4v) is 3.93. The first kappa shape index (κ1) is 17.1. The molecule has 0 spiro atoms. The van der Waals surface area contributed by atoms with E-state index >= 15 is 0 Å². The van der Waals surface area contributed by atoms with E-state index < -0.39 is 6.10 Å². The largest absolute Gasteiger partial charge is 0.387 e. The van der Waals surface area contributed by atoms with Crippen LogP contribution in [0.4, 0.5) is 0 Å². The lowest BCUT2D eigenvalue weighted by atomic mass is 10.1. The lowest BCUT2D eigenvalue weighted by molar-refractivity contribution is -0.132. The van der Waals surface area contributed by atoms with Gasteiger partial charge in [-0.3, -0.25) is 9.69 Å². The number of piperazine rings is 1. The van der Waals surface area contributed by atoms with Crippen molar-refractivity contribution in [3.63, 3.8) is 0 Å². The molecule has 0 bridgehead atoms. The Hall–Kier alpha value is -1.69. The molecule has 1 aromatic heterocycles. The number of aliphatic hydroxyl groups is 1. The number of carbonyl (C=O) groups is 1. The summed E-state index contributed by atoms with van der Waals surface area (Å²) in [5.74, 6) is 0.208. The molecular formula is C19H24N2O2S. The number of amides is 1. The number of hydrogen-bond acceptors (Lipinski definition) is 4. The number of nitrogens with zero attached hydrogens (tertiary/aromatic N) is 2. The third-order valence-electron chi connectivity index (χ3n) is 4.46. The summed E-state index contributed by atoms with van der Waals surface area (Å²) < 4.78 is 0. The van der Waals surface area contributed by atoms with Crippen molar-refractivity contribution in [1.29, 1.82) is 0 Å². The van der Waals surface area contributed by atoms with E-state index in [1.54, 1.807) is 11.3 Å². The summed E-state index contributed by atoms with van der Waals surface area (Å²) in [7, 11) is 0. The maximum absolute atomic E-state index is 12.4. The van der Waals surface area contributed by atoms with Gasteiger partial charge < -0.3 is 10.0 Å². The molecule has 0 aliphatic carbocycles. The Bertz CT molecular complexity index is 663. The van der Waals surface area contributed by atoms with Crippen LogP contribution in [0.3, 0.4) is 0 Å². The van der Waals surface area contributed by atoms with Crippen LogP contribution in [-0.2, 0) is 11.2 Å². The van der Waals surface area contributed by atoms with Crippen molar-refractivity contribution in [1.82, 2.24) is 9.80 Å². The van der Waals surface area contributed by atoms with Crippen LogP contribution in [0.5, 0.6) is 0 Å². The maximum Gasteiger partial charge on any atom is 0.227 e. The fraction of sp³-hybridized carbons (Fsp3) is 0.421. The number of aliphatic hydroxyl groups excluding tert-OH is 1. The minimum absolute atomic E-state index is 0.208. The van der Waals surface area contributed by atoms with Crippen molar-refractivity contribution in [2.75, 3.05) is 32.7 Å². The summed E-state index contributed by atoms with van der Waals surface area (Å²) in [5, 5.41) is 10.3. The highest BCUT2D eigenvalue weighted by atomic mass is 32.1. The first-order valence-corrected chi connectivity index (χ1v) is 9.22. The second-order valence-corrected chi connectivity index (χ2v) is 7.67. The summed E-state index contributed by atoms with van der Waals surface area (Å²) in [6.07, 6.45) is 0.0352. The standard InChI is InChI=1S/C19H24N2O2S/c1-15-7-8-17(24-15)13-19(23)21-11-9-20(10-12-21)14-18(22)16-5-3-2-4-6-16/h2-8,18,22H,9-14H2,1H3/t18-/m0/s1. The summed E-state index contributed by atoms with van der Waals surface area (Å²) in [4.78, 5) is 19.0. The van der Waals surface area contributed by atoms with Crippen molar-refractivity contribution in [2.24, 2.45) is 0 Å². The number of rotatable bonds is 5. The lowest BCUT2D eigenvalue weighted by Crippen LogP contribution is -2.49. The number of aryl methyl sites for hydroxylation is 1. The highest BCUT2D eigenvalue weighted by Gasteiger charge is 2.23. The van der Waals surface area contributed by atoms with Crippen LogP contribution in [0.2, 0.25) is 0 Å². The predicted molar refractivity (Wildman–Crippen MR) is 97.2 cm³/mol. The zero-order valence-electron chi connectivity index (χ0n) is 14.0. The van der Waals surface area contributed by atoms with Gasteiger partial charge in [-0.2, -0.15) is 0 Å². The molecule has 2 aromatic rings. The first-order chi connectivity index (χ1) is 11.6. The minimum Gasteiger partial charge on any atom is -0.387 e. The summed E-state index contributed by atoms with van der Waals surface area (Å²) in [6.45, 7) is 5.80. The first-order valence-electron chi connectivity index (χ1n) is 8.40. The number of hydrogen-bond donors (Lipinski definition) is 1. The Labute approximate surface area is 147 Å². The van der Waals surface area contributed by atoms with Crippen molar-refractivity contribution in [3.05, 3.63) is 57.8 Å². The molecule has 24 heavy (non-hydrogen) atoms. The molecule has 0 saturated carbocycles. The summed E-state index contributed by atoms with van der Waals surface area (Å²) >= 11 is 1.70. The monoisotopic (exact) mass is 344 g/mol. The number of benzene rings is 1. The molecule has 1 fully saturated rings. The second-order valence-electron chi connectivity index (χ2n) is 6.30. The molecule has 1 N–H and O–H groups in total. The van der Waals surface area contributed by atoms with Crippen LogP contribution in [0.15, 0.2) is 42.5 Å². The number of β-amino-alcohol motifs (C(OH)–C–C–N with tert-alkyl or cyclic N) is 1. The Balaban J connectivity index is 1.46. The molecule has 1 saturated heterocycles. The van der Waals surface area contributed by atoms with E-state index in [1.165, 1.54) is 4.88 Å². The van der Waals surface area contributed by atoms with E-state index in [9.17, 15) is 9.90 Å². The van der Waals surface area contributed by atoms with Gasteiger partial charge in [0.15, 0.2) is 0 Å². The molecule has 2 heterocycles. The number of carbonyl (C=O) groups excluding carboxylic acids is 1. The van der Waals surface area contributed by atoms with Crippen LogP contribution in [0.1, 0.15) is 21.4 Å². The third-order valence-corrected chi connectivity index (χ3v) is 5.46. The molecular weight excluding hydrogens is 320 g/mol. The van der Waals surface area contributed by atoms with E-state index in [-0.39, 0.29) is 5.91 Å². The molecule has 1 amide bonds. The van der Waals surface area contributed by atoms with Crippen LogP contribution in [0, 0.1) is 6.92 Å². The smallest absolute Gasteiger partial charge is 0.227 e. The average Bonchev–Trinajstić information content (AvgIpc) is 3.01. The quantitative estimate of drug-likeness (QED) is 0.906. The zero-order chi connectivity index (χ0) is 16.9. The van der Waals surface area contributed by atoms with Gasteiger partial charge in [0, 0.05) is 42.5 Å². The van der Waals surface area contributed by atoms with Gasteiger partial charge in [0.1, 0.15) is 0 Å². The van der Waals surface area contributed by atoms with Gasteiger partial charge in [0.05, 0.1) is 12.5 Å². The Morgan fingerprint density at radius 2 is 1.83 bits per heavy atom. The Morgan fingerprint density at radius 3 is 2.46 bits per heavy atom. The SMILES string of the molecule is Cc1ccc(CC(=O)N2CCN(C[C@H](O)c3ccccc3)CC2)s1. The molecule has 4 nitrogen and oxygen atoms in total. The molecule has 0 unspecified atom stereocenters. The molecule has 1 aliphatic rings. The Kier molecular flexibility index (Phi) is 5.66.